The molecule has 1 fully saturated rings. The summed E-state index contributed by atoms with van der Waals surface area (Å²) >= 11 is 1.40. The quantitative estimate of drug-likeness (QED) is 0.834. The van der Waals surface area contributed by atoms with Gasteiger partial charge in [-0.15, -0.1) is 11.3 Å². The Morgan fingerprint density at radius 3 is 2.88 bits per heavy atom. The molecule has 2 amide bonds. The Kier molecular flexibility index (Phi) is 5.22. The maximum atomic E-state index is 12.1. The highest BCUT2D eigenvalue weighted by Crippen LogP contribution is 2.25. The van der Waals surface area contributed by atoms with Crippen LogP contribution in [0, 0.1) is 0 Å². The van der Waals surface area contributed by atoms with Crippen molar-refractivity contribution in [3.8, 4) is 0 Å². The van der Waals surface area contributed by atoms with Crippen LogP contribution in [-0.2, 0) is 16.0 Å². The third-order valence-corrected chi connectivity index (χ3v) is 4.84. The second-order valence-corrected chi connectivity index (χ2v) is 6.60. The standard InChI is InChI=1S/C17H20N4O2S/c18-14(12-5-2-1-3-6-12)10-19-15(22)9-13-11-24-17(20-13)21-8-4-7-16(21)23/h1-3,5-6,11,14H,4,7-10,18H2,(H,19,22). The highest BCUT2D eigenvalue weighted by atomic mass is 32.1. The lowest BCUT2D eigenvalue weighted by molar-refractivity contribution is -0.120. The molecule has 1 saturated heterocycles. The first-order valence-electron chi connectivity index (χ1n) is 7.95. The van der Waals surface area contributed by atoms with Crippen LogP contribution in [0.5, 0.6) is 0 Å². The van der Waals surface area contributed by atoms with E-state index in [9.17, 15) is 9.59 Å². The zero-order valence-corrected chi connectivity index (χ0v) is 14.1. The van der Waals surface area contributed by atoms with Crippen LogP contribution in [0.2, 0.25) is 0 Å². The zero-order valence-electron chi connectivity index (χ0n) is 13.3. The molecule has 0 saturated carbocycles. The molecule has 2 heterocycles. The van der Waals surface area contributed by atoms with Crippen LogP contribution in [-0.4, -0.2) is 29.9 Å². The van der Waals surface area contributed by atoms with E-state index >= 15 is 0 Å². The molecule has 1 aliphatic rings. The first-order valence-corrected chi connectivity index (χ1v) is 8.83. The molecule has 0 bridgehead atoms. The van der Waals surface area contributed by atoms with E-state index in [1.54, 1.807) is 4.90 Å². The lowest BCUT2D eigenvalue weighted by Gasteiger charge is -2.13. The summed E-state index contributed by atoms with van der Waals surface area (Å²) in [6, 6.07) is 9.43. The number of rotatable bonds is 6. The van der Waals surface area contributed by atoms with E-state index < -0.39 is 0 Å². The van der Waals surface area contributed by atoms with E-state index in [0.717, 1.165) is 12.0 Å². The molecule has 1 aromatic carbocycles. The van der Waals surface area contributed by atoms with Crippen molar-refractivity contribution >= 4 is 28.3 Å². The van der Waals surface area contributed by atoms with Crippen LogP contribution in [0.1, 0.15) is 30.1 Å². The average Bonchev–Trinajstić information content (AvgIpc) is 3.22. The fourth-order valence-corrected chi connectivity index (χ4v) is 3.49. The number of hydrogen-bond donors (Lipinski definition) is 2. The van der Waals surface area contributed by atoms with E-state index in [1.807, 2.05) is 35.7 Å². The molecule has 0 spiro atoms. The fraction of sp³-hybridized carbons (Fsp3) is 0.353. The number of nitrogens with one attached hydrogen (secondary N) is 1. The summed E-state index contributed by atoms with van der Waals surface area (Å²) in [7, 11) is 0. The average molecular weight is 344 g/mol. The number of nitrogens with zero attached hydrogens (tertiary/aromatic N) is 2. The summed E-state index contributed by atoms with van der Waals surface area (Å²) in [4.78, 5) is 29.9. The Morgan fingerprint density at radius 1 is 1.38 bits per heavy atom. The largest absolute Gasteiger partial charge is 0.354 e. The van der Waals surface area contributed by atoms with Crippen molar-refractivity contribution < 1.29 is 9.59 Å². The Hall–Kier alpha value is -2.25. The van der Waals surface area contributed by atoms with E-state index in [1.165, 1.54) is 11.3 Å². The SMILES string of the molecule is NC(CNC(=O)Cc1csc(N2CCCC2=O)n1)c1ccccc1. The number of carbonyl (C=O) groups is 2. The van der Waals surface area contributed by atoms with E-state index in [4.69, 9.17) is 5.73 Å². The van der Waals surface area contributed by atoms with Crippen LogP contribution in [0.3, 0.4) is 0 Å². The summed E-state index contributed by atoms with van der Waals surface area (Å²) < 4.78 is 0. The number of carbonyl (C=O) groups excluding carboxylic acids is 2. The van der Waals surface area contributed by atoms with Gasteiger partial charge in [-0.3, -0.25) is 14.5 Å². The molecule has 1 atom stereocenters. The lowest BCUT2D eigenvalue weighted by atomic mass is 10.1. The Morgan fingerprint density at radius 2 is 2.17 bits per heavy atom. The van der Waals surface area contributed by atoms with Crippen LogP contribution in [0.25, 0.3) is 0 Å². The third kappa shape index (κ3) is 3.98. The molecule has 7 heteroatoms. The Labute approximate surface area is 144 Å². The van der Waals surface area contributed by atoms with Gasteiger partial charge in [-0.05, 0) is 12.0 Å². The van der Waals surface area contributed by atoms with Crippen molar-refractivity contribution in [1.29, 1.82) is 0 Å². The summed E-state index contributed by atoms with van der Waals surface area (Å²) in [6.07, 6.45) is 1.64. The van der Waals surface area contributed by atoms with Gasteiger partial charge >= 0.3 is 0 Å². The molecule has 1 aromatic heterocycles. The minimum Gasteiger partial charge on any atom is -0.354 e. The molecule has 3 rings (SSSR count). The molecule has 24 heavy (non-hydrogen) atoms. The minimum atomic E-state index is -0.233. The summed E-state index contributed by atoms with van der Waals surface area (Å²) in [5, 5.41) is 5.35. The van der Waals surface area contributed by atoms with Gasteiger partial charge in [-0.25, -0.2) is 4.98 Å². The molecule has 2 aromatic rings. The van der Waals surface area contributed by atoms with Crippen LogP contribution in [0.15, 0.2) is 35.7 Å². The smallest absolute Gasteiger partial charge is 0.228 e. The number of aromatic nitrogens is 1. The van der Waals surface area contributed by atoms with Crippen LogP contribution in [0.4, 0.5) is 5.13 Å². The van der Waals surface area contributed by atoms with Crippen molar-refractivity contribution in [2.75, 3.05) is 18.0 Å². The van der Waals surface area contributed by atoms with Gasteiger partial charge in [0.2, 0.25) is 11.8 Å². The van der Waals surface area contributed by atoms with Crippen molar-refractivity contribution in [2.24, 2.45) is 5.73 Å². The lowest BCUT2D eigenvalue weighted by Crippen LogP contribution is -2.33. The molecule has 6 nitrogen and oxygen atoms in total. The topological polar surface area (TPSA) is 88.3 Å². The molecule has 1 aliphatic heterocycles. The number of hydrogen-bond acceptors (Lipinski definition) is 5. The molecule has 3 N–H and O–H groups in total. The summed E-state index contributed by atoms with van der Waals surface area (Å²) in [5.41, 5.74) is 7.73. The van der Waals surface area contributed by atoms with E-state index in [-0.39, 0.29) is 24.3 Å². The van der Waals surface area contributed by atoms with Gasteiger partial charge in [-0.2, -0.15) is 0 Å². The van der Waals surface area contributed by atoms with Gasteiger partial charge in [0.25, 0.3) is 0 Å². The monoisotopic (exact) mass is 344 g/mol. The molecular weight excluding hydrogens is 324 g/mol. The van der Waals surface area contributed by atoms with Gasteiger partial charge < -0.3 is 11.1 Å². The van der Waals surface area contributed by atoms with Gasteiger partial charge in [-0.1, -0.05) is 30.3 Å². The predicted molar refractivity (Wildman–Crippen MR) is 93.8 cm³/mol. The molecular formula is C17H20N4O2S. The maximum Gasteiger partial charge on any atom is 0.228 e. The minimum absolute atomic E-state index is 0.106. The summed E-state index contributed by atoms with van der Waals surface area (Å²) in [6.45, 7) is 1.09. The molecule has 0 radical (unpaired) electrons. The number of amides is 2. The van der Waals surface area contributed by atoms with Crippen molar-refractivity contribution in [2.45, 2.75) is 25.3 Å². The van der Waals surface area contributed by atoms with Crippen molar-refractivity contribution in [1.82, 2.24) is 10.3 Å². The van der Waals surface area contributed by atoms with Crippen LogP contribution < -0.4 is 16.0 Å². The predicted octanol–water partition coefficient (Wildman–Crippen LogP) is 1.63. The zero-order chi connectivity index (χ0) is 16.9. The number of nitrogens with two attached hydrogens (primary N) is 1. The Bertz CT molecular complexity index is 716. The Balaban J connectivity index is 1.50. The first-order chi connectivity index (χ1) is 11.6. The van der Waals surface area contributed by atoms with E-state index in [2.05, 4.69) is 10.3 Å². The van der Waals surface area contributed by atoms with Gasteiger partial charge in [0.05, 0.1) is 12.1 Å². The normalized spacial score (nSPS) is 15.5. The van der Waals surface area contributed by atoms with Gasteiger partial charge in [0, 0.05) is 30.9 Å². The van der Waals surface area contributed by atoms with E-state index in [0.29, 0.717) is 30.3 Å². The second kappa shape index (κ2) is 7.55. The van der Waals surface area contributed by atoms with Crippen LogP contribution >= 0.6 is 11.3 Å². The third-order valence-electron chi connectivity index (χ3n) is 3.93. The van der Waals surface area contributed by atoms with Crippen molar-refractivity contribution in [3.05, 3.63) is 47.0 Å². The molecule has 126 valence electrons. The number of thiazole rings is 1. The maximum absolute atomic E-state index is 12.1. The second-order valence-electron chi connectivity index (χ2n) is 5.77. The molecule has 0 aliphatic carbocycles. The highest BCUT2D eigenvalue weighted by Gasteiger charge is 2.24. The first kappa shape index (κ1) is 16.6. The molecule has 1 unspecified atom stereocenters. The van der Waals surface area contributed by atoms with Gasteiger partial charge in [0.1, 0.15) is 0 Å². The number of anilines is 1. The number of benzene rings is 1. The highest BCUT2D eigenvalue weighted by molar-refractivity contribution is 7.14. The fourth-order valence-electron chi connectivity index (χ4n) is 2.62. The van der Waals surface area contributed by atoms with Gasteiger partial charge in [0.15, 0.2) is 5.13 Å². The summed E-state index contributed by atoms with van der Waals surface area (Å²) in [5.74, 6) is -0.0137. The van der Waals surface area contributed by atoms with Crippen molar-refractivity contribution in [3.63, 3.8) is 0 Å².